The molecule has 0 aliphatic heterocycles. The second-order valence-electron chi connectivity index (χ2n) is 5.57. The van der Waals surface area contributed by atoms with E-state index in [0.717, 1.165) is 6.42 Å². The number of carbonyl (C=O) groups is 1. The number of amides is 1. The summed E-state index contributed by atoms with van der Waals surface area (Å²) < 4.78 is 12.8. The molecule has 0 saturated carbocycles. The van der Waals surface area contributed by atoms with E-state index < -0.39 is 0 Å². The molecule has 0 aromatic carbocycles. The minimum absolute atomic E-state index is 0.131. The molecular formula is C17H25N3O3. The molecule has 2 rings (SSSR count). The third kappa shape index (κ3) is 4.22. The van der Waals surface area contributed by atoms with E-state index in [1.807, 2.05) is 46.0 Å². The predicted molar refractivity (Wildman–Crippen MR) is 89.1 cm³/mol. The molecule has 0 aliphatic rings. The van der Waals surface area contributed by atoms with Crippen LogP contribution in [0.5, 0.6) is 5.75 Å². The van der Waals surface area contributed by atoms with E-state index in [4.69, 9.17) is 9.47 Å². The zero-order valence-corrected chi connectivity index (χ0v) is 14.3. The van der Waals surface area contributed by atoms with Gasteiger partial charge >= 0.3 is 0 Å². The van der Waals surface area contributed by atoms with Gasteiger partial charge in [0.15, 0.2) is 11.4 Å². The van der Waals surface area contributed by atoms with Crippen molar-refractivity contribution < 1.29 is 14.3 Å². The molecule has 6 nitrogen and oxygen atoms in total. The molecule has 1 amide bonds. The van der Waals surface area contributed by atoms with Crippen molar-refractivity contribution in [1.29, 1.82) is 0 Å². The Morgan fingerprint density at radius 3 is 2.91 bits per heavy atom. The van der Waals surface area contributed by atoms with Crippen LogP contribution in [0.15, 0.2) is 18.3 Å². The maximum absolute atomic E-state index is 12.5. The summed E-state index contributed by atoms with van der Waals surface area (Å²) in [5.74, 6) is 0.552. The Labute approximate surface area is 136 Å². The van der Waals surface area contributed by atoms with Crippen LogP contribution < -0.4 is 10.1 Å². The molecule has 0 atom stereocenters. The Hall–Kier alpha value is -2.08. The molecule has 0 aliphatic carbocycles. The van der Waals surface area contributed by atoms with Gasteiger partial charge in [0.25, 0.3) is 5.91 Å². The second kappa shape index (κ2) is 7.97. The Balaban J connectivity index is 2.08. The number of fused-ring (bicyclic) bond motifs is 1. The smallest absolute Gasteiger partial charge is 0.270 e. The van der Waals surface area contributed by atoms with Crippen LogP contribution in [0.4, 0.5) is 0 Å². The topological polar surface area (TPSA) is 64.9 Å². The highest BCUT2D eigenvalue weighted by Gasteiger charge is 2.18. The summed E-state index contributed by atoms with van der Waals surface area (Å²) in [7, 11) is 0. The lowest BCUT2D eigenvalue weighted by atomic mass is 10.3. The molecule has 23 heavy (non-hydrogen) atoms. The number of nitrogens with one attached hydrogen (secondary N) is 1. The summed E-state index contributed by atoms with van der Waals surface area (Å²) in [6, 6.07) is 3.71. The molecule has 6 heteroatoms. The highest BCUT2D eigenvalue weighted by atomic mass is 16.5. The summed E-state index contributed by atoms with van der Waals surface area (Å²) in [6.07, 6.45) is 2.82. The maximum atomic E-state index is 12.5. The van der Waals surface area contributed by atoms with Crippen LogP contribution >= 0.6 is 0 Å². The molecule has 2 aromatic rings. The van der Waals surface area contributed by atoms with Gasteiger partial charge in [-0.2, -0.15) is 0 Å². The van der Waals surface area contributed by atoms with E-state index in [0.29, 0.717) is 42.5 Å². The molecule has 2 heterocycles. The van der Waals surface area contributed by atoms with Gasteiger partial charge in [-0.25, -0.2) is 4.98 Å². The normalized spacial score (nSPS) is 11.2. The maximum Gasteiger partial charge on any atom is 0.270 e. The summed E-state index contributed by atoms with van der Waals surface area (Å²) in [5, 5.41) is 2.92. The molecule has 0 unspecified atom stereocenters. The largest absolute Gasteiger partial charge is 0.490 e. The molecular weight excluding hydrogens is 294 g/mol. The molecule has 0 bridgehead atoms. The van der Waals surface area contributed by atoms with Crippen LogP contribution in [0.25, 0.3) is 5.65 Å². The molecule has 0 saturated heterocycles. The number of imidazole rings is 1. The fourth-order valence-corrected chi connectivity index (χ4v) is 2.37. The van der Waals surface area contributed by atoms with Crippen LogP contribution in [0.2, 0.25) is 0 Å². The van der Waals surface area contributed by atoms with Crippen LogP contribution in [0.3, 0.4) is 0 Å². The van der Waals surface area contributed by atoms with Gasteiger partial charge in [-0.15, -0.1) is 0 Å². The van der Waals surface area contributed by atoms with Crippen LogP contribution in [-0.4, -0.2) is 41.2 Å². The lowest BCUT2D eigenvalue weighted by Gasteiger charge is -2.09. The van der Waals surface area contributed by atoms with Gasteiger partial charge in [0.2, 0.25) is 0 Å². The van der Waals surface area contributed by atoms with Crippen LogP contribution in [-0.2, 0) is 4.74 Å². The number of pyridine rings is 1. The number of hydrogen-bond donors (Lipinski definition) is 1. The summed E-state index contributed by atoms with van der Waals surface area (Å²) >= 11 is 0. The Morgan fingerprint density at radius 2 is 2.22 bits per heavy atom. The van der Waals surface area contributed by atoms with Crippen molar-refractivity contribution in [3.8, 4) is 5.75 Å². The fraction of sp³-hybridized carbons (Fsp3) is 0.529. The molecule has 0 fully saturated rings. The van der Waals surface area contributed by atoms with Gasteiger partial charge in [-0.1, -0.05) is 0 Å². The molecule has 0 radical (unpaired) electrons. The first kappa shape index (κ1) is 17.3. The number of aromatic nitrogens is 2. The minimum atomic E-state index is -0.131. The van der Waals surface area contributed by atoms with Gasteiger partial charge in [0.05, 0.1) is 18.4 Å². The Morgan fingerprint density at radius 1 is 1.43 bits per heavy atom. The number of rotatable bonds is 8. The fourth-order valence-electron chi connectivity index (χ4n) is 2.37. The van der Waals surface area contributed by atoms with E-state index in [1.165, 1.54) is 0 Å². The van der Waals surface area contributed by atoms with Gasteiger partial charge in [-0.3, -0.25) is 9.20 Å². The zero-order chi connectivity index (χ0) is 16.8. The van der Waals surface area contributed by atoms with Crippen molar-refractivity contribution in [2.45, 2.75) is 40.2 Å². The molecule has 2 aromatic heterocycles. The van der Waals surface area contributed by atoms with Crippen molar-refractivity contribution in [3.63, 3.8) is 0 Å². The van der Waals surface area contributed by atoms with E-state index in [9.17, 15) is 4.79 Å². The lowest BCUT2D eigenvalue weighted by Crippen LogP contribution is -2.27. The number of aryl methyl sites for hydroxylation is 1. The van der Waals surface area contributed by atoms with Gasteiger partial charge < -0.3 is 14.8 Å². The Bertz CT molecular complexity index is 664. The molecule has 0 spiro atoms. The van der Waals surface area contributed by atoms with Crippen molar-refractivity contribution >= 4 is 11.6 Å². The van der Waals surface area contributed by atoms with Crippen molar-refractivity contribution in [2.75, 3.05) is 19.8 Å². The first-order valence-corrected chi connectivity index (χ1v) is 8.04. The van der Waals surface area contributed by atoms with Crippen LogP contribution in [0, 0.1) is 6.92 Å². The number of ether oxygens (including phenoxy) is 2. The highest BCUT2D eigenvalue weighted by Crippen LogP contribution is 2.21. The highest BCUT2D eigenvalue weighted by molar-refractivity contribution is 5.94. The summed E-state index contributed by atoms with van der Waals surface area (Å²) in [4.78, 5) is 16.9. The summed E-state index contributed by atoms with van der Waals surface area (Å²) in [6.45, 7) is 9.52. The van der Waals surface area contributed by atoms with Crippen molar-refractivity contribution in [1.82, 2.24) is 14.7 Å². The average Bonchev–Trinajstić information content (AvgIpc) is 2.84. The van der Waals surface area contributed by atoms with Crippen molar-refractivity contribution in [2.24, 2.45) is 0 Å². The first-order valence-electron chi connectivity index (χ1n) is 8.04. The predicted octanol–water partition coefficient (Wildman–Crippen LogP) is 2.59. The monoisotopic (exact) mass is 319 g/mol. The minimum Gasteiger partial charge on any atom is -0.490 e. The van der Waals surface area contributed by atoms with Gasteiger partial charge in [0.1, 0.15) is 5.69 Å². The zero-order valence-electron chi connectivity index (χ0n) is 14.3. The molecule has 126 valence electrons. The summed E-state index contributed by atoms with van der Waals surface area (Å²) in [5.41, 5.74) is 1.90. The van der Waals surface area contributed by atoms with Crippen LogP contribution in [0.1, 0.15) is 43.4 Å². The second-order valence-corrected chi connectivity index (χ2v) is 5.57. The van der Waals surface area contributed by atoms with E-state index in [-0.39, 0.29) is 12.0 Å². The SMILES string of the molecule is CCOc1cccn2c(C(=O)NCCCOC(C)C)c(C)nc12. The standard InChI is InChI=1S/C17H25N3O3/c1-5-22-14-8-6-10-20-15(13(4)19-16(14)20)17(21)18-9-7-11-23-12(2)3/h6,8,10,12H,5,7,9,11H2,1-4H3,(H,18,21). The van der Waals surface area contributed by atoms with Gasteiger partial charge in [0, 0.05) is 19.3 Å². The number of nitrogens with zero attached hydrogens (tertiary/aromatic N) is 2. The lowest BCUT2D eigenvalue weighted by molar-refractivity contribution is 0.0756. The van der Waals surface area contributed by atoms with E-state index >= 15 is 0 Å². The number of hydrogen-bond acceptors (Lipinski definition) is 4. The third-order valence-electron chi connectivity index (χ3n) is 3.36. The first-order chi connectivity index (χ1) is 11.0. The van der Waals surface area contributed by atoms with E-state index in [2.05, 4.69) is 10.3 Å². The third-order valence-corrected chi connectivity index (χ3v) is 3.36. The molecule has 1 N–H and O–H groups in total. The Kier molecular flexibility index (Phi) is 5.98. The number of carbonyl (C=O) groups excluding carboxylic acids is 1. The average molecular weight is 319 g/mol. The quantitative estimate of drug-likeness (QED) is 0.760. The van der Waals surface area contributed by atoms with Gasteiger partial charge in [-0.05, 0) is 46.2 Å². The van der Waals surface area contributed by atoms with Crippen molar-refractivity contribution in [3.05, 3.63) is 29.7 Å². The van der Waals surface area contributed by atoms with E-state index in [1.54, 1.807) is 4.40 Å².